The SMILES string of the molecule is CC(C)=C(C=O)C1CCC(=O)C1. The van der Waals surface area contributed by atoms with E-state index >= 15 is 0 Å². The molecule has 0 spiro atoms. The lowest BCUT2D eigenvalue weighted by Gasteiger charge is -2.08. The van der Waals surface area contributed by atoms with E-state index in [4.69, 9.17) is 0 Å². The van der Waals surface area contributed by atoms with E-state index in [1.165, 1.54) is 0 Å². The second kappa shape index (κ2) is 3.65. The highest BCUT2D eigenvalue weighted by Gasteiger charge is 2.25. The Labute approximate surface area is 72.7 Å². The summed E-state index contributed by atoms with van der Waals surface area (Å²) in [7, 11) is 0. The van der Waals surface area contributed by atoms with Gasteiger partial charge in [-0.15, -0.1) is 0 Å². The monoisotopic (exact) mass is 166 g/mol. The van der Waals surface area contributed by atoms with Gasteiger partial charge in [0.15, 0.2) is 0 Å². The molecule has 0 heterocycles. The average molecular weight is 166 g/mol. The summed E-state index contributed by atoms with van der Waals surface area (Å²) < 4.78 is 0. The Morgan fingerprint density at radius 2 is 2.17 bits per heavy atom. The third-order valence-electron chi connectivity index (χ3n) is 2.39. The van der Waals surface area contributed by atoms with Crippen molar-refractivity contribution >= 4 is 12.1 Å². The molecule has 1 unspecified atom stereocenters. The molecule has 2 nitrogen and oxygen atoms in total. The van der Waals surface area contributed by atoms with Crippen molar-refractivity contribution in [1.82, 2.24) is 0 Å². The lowest BCUT2D eigenvalue weighted by Crippen LogP contribution is -2.03. The van der Waals surface area contributed by atoms with Gasteiger partial charge in [-0.2, -0.15) is 0 Å². The Balaban J connectivity index is 2.75. The van der Waals surface area contributed by atoms with Crippen molar-refractivity contribution in [2.75, 3.05) is 0 Å². The summed E-state index contributed by atoms with van der Waals surface area (Å²) in [5, 5.41) is 0. The van der Waals surface area contributed by atoms with Crippen LogP contribution in [0.15, 0.2) is 11.1 Å². The number of carbonyl (C=O) groups excluding carboxylic acids is 2. The molecule has 0 N–H and O–H groups in total. The quantitative estimate of drug-likeness (QED) is 0.463. The normalized spacial score (nSPS) is 22.5. The second-order valence-electron chi connectivity index (χ2n) is 3.55. The first kappa shape index (κ1) is 9.17. The Hall–Kier alpha value is -0.920. The zero-order valence-corrected chi connectivity index (χ0v) is 7.59. The maximum absolute atomic E-state index is 11.0. The van der Waals surface area contributed by atoms with Gasteiger partial charge < -0.3 is 0 Å². The van der Waals surface area contributed by atoms with Crippen LogP contribution in [0.25, 0.3) is 0 Å². The van der Waals surface area contributed by atoms with Crippen molar-refractivity contribution in [2.24, 2.45) is 5.92 Å². The van der Waals surface area contributed by atoms with Crippen LogP contribution in [0, 0.1) is 5.92 Å². The Kier molecular flexibility index (Phi) is 2.79. The molecule has 1 saturated carbocycles. The summed E-state index contributed by atoms with van der Waals surface area (Å²) in [6, 6.07) is 0. The minimum Gasteiger partial charge on any atom is -0.300 e. The van der Waals surface area contributed by atoms with Crippen LogP contribution in [0.1, 0.15) is 33.1 Å². The molecule has 1 aliphatic rings. The largest absolute Gasteiger partial charge is 0.300 e. The maximum Gasteiger partial charge on any atom is 0.146 e. The van der Waals surface area contributed by atoms with Crippen molar-refractivity contribution in [2.45, 2.75) is 33.1 Å². The molecular weight excluding hydrogens is 152 g/mol. The fraction of sp³-hybridized carbons (Fsp3) is 0.600. The molecule has 66 valence electrons. The first-order valence-electron chi connectivity index (χ1n) is 4.29. The third kappa shape index (κ3) is 1.81. The van der Waals surface area contributed by atoms with Gasteiger partial charge in [0.2, 0.25) is 0 Å². The third-order valence-corrected chi connectivity index (χ3v) is 2.39. The highest BCUT2D eigenvalue weighted by atomic mass is 16.1. The molecule has 1 atom stereocenters. The van der Waals surface area contributed by atoms with Gasteiger partial charge in [0, 0.05) is 12.8 Å². The molecule has 0 radical (unpaired) electrons. The standard InChI is InChI=1S/C10H14O2/c1-7(2)10(6-11)8-3-4-9(12)5-8/h6,8H,3-5H2,1-2H3. The Morgan fingerprint density at radius 1 is 1.50 bits per heavy atom. The molecule has 0 aliphatic heterocycles. The van der Waals surface area contributed by atoms with Crippen molar-refractivity contribution in [3.8, 4) is 0 Å². The van der Waals surface area contributed by atoms with Crippen molar-refractivity contribution < 1.29 is 9.59 Å². The molecule has 12 heavy (non-hydrogen) atoms. The fourth-order valence-corrected chi connectivity index (χ4v) is 1.70. The van der Waals surface area contributed by atoms with Gasteiger partial charge in [-0.25, -0.2) is 0 Å². The van der Waals surface area contributed by atoms with Crippen LogP contribution >= 0.6 is 0 Å². The number of Topliss-reactive ketones (excluding diaryl/α,β-unsaturated/α-hetero) is 1. The summed E-state index contributed by atoms with van der Waals surface area (Å²) in [6.45, 7) is 3.85. The number of ketones is 1. The topological polar surface area (TPSA) is 34.1 Å². The van der Waals surface area contributed by atoms with E-state index < -0.39 is 0 Å². The first-order valence-corrected chi connectivity index (χ1v) is 4.29. The van der Waals surface area contributed by atoms with Gasteiger partial charge in [0.1, 0.15) is 12.1 Å². The lowest BCUT2D eigenvalue weighted by molar-refractivity contribution is -0.117. The van der Waals surface area contributed by atoms with Crippen LogP contribution in [0.4, 0.5) is 0 Å². The van der Waals surface area contributed by atoms with Gasteiger partial charge in [-0.1, -0.05) is 5.57 Å². The molecule has 1 aliphatic carbocycles. The van der Waals surface area contributed by atoms with E-state index in [2.05, 4.69) is 0 Å². The van der Waals surface area contributed by atoms with Gasteiger partial charge in [0.05, 0.1) is 0 Å². The van der Waals surface area contributed by atoms with Crippen LogP contribution in [0.2, 0.25) is 0 Å². The van der Waals surface area contributed by atoms with Crippen molar-refractivity contribution in [3.63, 3.8) is 0 Å². The van der Waals surface area contributed by atoms with E-state index in [0.29, 0.717) is 18.6 Å². The molecule has 2 heteroatoms. The molecule has 0 aromatic carbocycles. The highest BCUT2D eigenvalue weighted by molar-refractivity contribution is 5.84. The molecule has 1 rings (SSSR count). The van der Waals surface area contributed by atoms with Crippen LogP contribution in [-0.4, -0.2) is 12.1 Å². The van der Waals surface area contributed by atoms with E-state index in [1.54, 1.807) is 0 Å². The number of aldehydes is 1. The molecule has 0 bridgehead atoms. The molecule has 0 aromatic heterocycles. The molecule has 1 fully saturated rings. The Bertz CT molecular complexity index is 234. The van der Waals surface area contributed by atoms with Gasteiger partial charge in [0.25, 0.3) is 0 Å². The molecule has 0 amide bonds. The smallest absolute Gasteiger partial charge is 0.146 e. The lowest BCUT2D eigenvalue weighted by atomic mass is 9.95. The fourth-order valence-electron chi connectivity index (χ4n) is 1.70. The van der Waals surface area contributed by atoms with Gasteiger partial charge >= 0.3 is 0 Å². The minimum atomic E-state index is 0.208. The summed E-state index contributed by atoms with van der Waals surface area (Å²) in [5.74, 6) is 0.501. The number of hydrogen-bond donors (Lipinski definition) is 0. The van der Waals surface area contributed by atoms with Crippen LogP contribution < -0.4 is 0 Å². The number of carbonyl (C=O) groups is 2. The number of rotatable bonds is 2. The van der Waals surface area contributed by atoms with E-state index in [9.17, 15) is 9.59 Å². The number of allylic oxidation sites excluding steroid dienone is 2. The highest BCUT2D eigenvalue weighted by Crippen LogP contribution is 2.29. The summed E-state index contributed by atoms with van der Waals surface area (Å²) in [5.41, 5.74) is 1.88. The van der Waals surface area contributed by atoms with Gasteiger partial charge in [-0.3, -0.25) is 9.59 Å². The zero-order chi connectivity index (χ0) is 9.14. The number of hydrogen-bond acceptors (Lipinski definition) is 2. The summed E-state index contributed by atoms with van der Waals surface area (Å²) in [6.07, 6.45) is 2.98. The second-order valence-corrected chi connectivity index (χ2v) is 3.55. The van der Waals surface area contributed by atoms with Crippen molar-refractivity contribution in [1.29, 1.82) is 0 Å². The first-order chi connectivity index (χ1) is 5.65. The molecular formula is C10H14O2. The van der Waals surface area contributed by atoms with Gasteiger partial charge in [-0.05, 0) is 31.8 Å². The van der Waals surface area contributed by atoms with Crippen LogP contribution in [0.5, 0.6) is 0 Å². The van der Waals surface area contributed by atoms with E-state index in [1.807, 2.05) is 13.8 Å². The van der Waals surface area contributed by atoms with Crippen LogP contribution in [0.3, 0.4) is 0 Å². The van der Waals surface area contributed by atoms with E-state index in [0.717, 1.165) is 23.9 Å². The van der Waals surface area contributed by atoms with Crippen molar-refractivity contribution in [3.05, 3.63) is 11.1 Å². The summed E-state index contributed by atoms with van der Waals surface area (Å²) in [4.78, 5) is 21.6. The molecule has 0 aromatic rings. The maximum atomic E-state index is 11.0. The van der Waals surface area contributed by atoms with E-state index in [-0.39, 0.29) is 5.92 Å². The minimum absolute atomic E-state index is 0.208. The zero-order valence-electron chi connectivity index (χ0n) is 7.59. The van der Waals surface area contributed by atoms with Crippen LogP contribution in [-0.2, 0) is 9.59 Å². The average Bonchev–Trinajstić information content (AvgIpc) is 2.37. The predicted molar refractivity (Wildman–Crippen MR) is 46.8 cm³/mol. The molecule has 0 saturated heterocycles. The predicted octanol–water partition coefficient (Wildman–Crippen LogP) is 1.89. The Morgan fingerprint density at radius 3 is 2.50 bits per heavy atom. The summed E-state index contributed by atoms with van der Waals surface area (Å²) >= 11 is 0.